The first-order valence-corrected chi connectivity index (χ1v) is 9.05. The number of likely N-dealkylation sites (N-methyl/N-ethyl adjacent to an activating group) is 1. The molecule has 0 aliphatic heterocycles. The van der Waals surface area contributed by atoms with Crippen molar-refractivity contribution >= 4 is 29.2 Å². The van der Waals surface area contributed by atoms with Gasteiger partial charge in [0.2, 0.25) is 0 Å². The van der Waals surface area contributed by atoms with Crippen molar-refractivity contribution < 1.29 is 9.84 Å². The van der Waals surface area contributed by atoms with Crippen molar-refractivity contribution in [3.8, 4) is 0 Å². The Bertz CT molecular complexity index is 523. The topological polar surface area (TPSA) is 69.1 Å². The molecule has 1 aromatic rings. The van der Waals surface area contributed by atoms with Crippen LogP contribution in [0, 0.1) is 0 Å². The molecule has 3 N–H and O–H groups in total. The fourth-order valence-electron chi connectivity index (χ4n) is 2.12. The highest BCUT2D eigenvalue weighted by atomic mass is 35.5. The van der Waals surface area contributed by atoms with Gasteiger partial charge in [0.1, 0.15) is 0 Å². The van der Waals surface area contributed by atoms with E-state index in [1.54, 1.807) is 25.3 Å². The molecule has 0 spiro atoms. The van der Waals surface area contributed by atoms with Crippen molar-refractivity contribution in [1.29, 1.82) is 0 Å². The van der Waals surface area contributed by atoms with Gasteiger partial charge >= 0.3 is 0 Å². The summed E-state index contributed by atoms with van der Waals surface area (Å²) in [5.74, 6) is 0.662. The zero-order valence-corrected chi connectivity index (χ0v) is 16.6. The van der Waals surface area contributed by atoms with Crippen LogP contribution >= 0.6 is 23.2 Å². The quantitative estimate of drug-likeness (QED) is 0.421. The van der Waals surface area contributed by atoms with Crippen LogP contribution in [0.5, 0.6) is 0 Å². The number of aliphatic hydroxyl groups excluding tert-OH is 1. The zero-order chi connectivity index (χ0) is 18.7. The van der Waals surface area contributed by atoms with Crippen LogP contribution in [-0.4, -0.2) is 69.5 Å². The molecule has 1 atom stereocenters. The Hall–Kier alpha value is -1.05. The molecule has 1 aromatic carbocycles. The van der Waals surface area contributed by atoms with Crippen LogP contribution in [0.25, 0.3) is 0 Å². The number of methoxy groups -OCH3 is 1. The van der Waals surface area contributed by atoms with Gasteiger partial charge in [0.15, 0.2) is 5.96 Å². The number of guanidine groups is 1. The third-order valence-electron chi connectivity index (χ3n) is 3.50. The van der Waals surface area contributed by atoms with E-state index in [0.717, 1.165) is 26.2 Å². The number of halogens is 2. The molecule has 25 heavy (non-hydrogen) atoms. The van der Waals surface area contributed by atoms with Crippen molar-refractivity contribution in [2.45, 2.75) is 13.0 Å². The van der Waals surface area contributed by atoms with Crippen LogP contribution in [-0.2, 0) is 4.74 Å². The number of ether oxygens (including phenoxy) is 1. The normalized spacial score (nSPS) is 13.2. The Labute approximate surface area is 160 Å². The summed E-state index contributed by atoms with van der Waals surface area (Å²) in [6.45, 7) is 6.13. The molecule has 0 heterocycles. The summed E-state index contributed by atoms with van der Waals surface area (Å²) in [7, 11) is 3.73. The molecular weight excluding hydrogens is 363 g/mol. The average Bonchev–Trinajstić information content (AvgIpc) is 2.56. The minimum atomic E-state index is -0.768. The van der Waals surface area contributed by atoms with Crippen LogP contribution in [0.4, 0.5) is 0 Å². The lowest BCUT2D eigenvalue weighted by Crippen LogP contribution is -2.41. The number of nitrogens with zero attached hydrogens (tertiary/aromatic N) is 2. The minimum Gasteiger partial charge on any atom is -0.386 e. The standard InChI is InChI=1S/C17H28Cl2N4O2/c1-4-20-17(21-5-6-23(2)7-8-25-3)22-12-16(24)13-9-14(18)11-15(19)10-13/h9-11,16,24H,4-8,12H2,1-3H3,(H2,20,21,22). The highest BCUT2D eigenvalue weighted by molar-refractivity contribution is 6.34. The number of hydrogen-bond acceptors (Lipinski definition) is 4. The lowest BCUT2D eigenvalue weighted by Gasteiger charge is -2.18. The second kappa shape index (κ2) is 12.3. The van der Waals surface area contributed by atoms with Crippen molar-refractivity contribution in [2.75, 3.05) is 53.5 Å². The van der Waals surface area contributed by atoms with Crippen molar-refractivity contribution in [2.24, 2.45) is 4.99 Å². The van der Waals surface area contributed by atoms with Crippen LogP contribution in [0.15, 0.2) is 23.2 Å². The SMILES string of the molecule is CCNC(=NCC(O)c1cc(Cl)cc(Cl)c1)NCCN(C)CCOC. The number of hydrogen-bond donors (Lipinski definition) is 3. The van der Waals surface area contributed by atoms with Gasteiger partial charge in [-0.3, -0.25) is 4.99 Å². The summed E-state index contributed by atoms with van der Waals surface area (Å²) >= 11 is 11.9. The molecule has 6 nitrogen and oxygen atoms in total. The molecule has 0 saturated heterocycles. The Balaban J connectivity index is 2.53. The fraction of sp³-hybridized carbons (Fsp3) is 0.588. The van der Waals surface area contributed by atoms with E-state index in [0.29, 0.717) is 28.2 Å². The predicted octanol–water partition coefficient (Wildman–Crippen LogP) is 2.16. The second-order valence-electron chi connectivity index (χ2n) is 5.66. The van der Waals surface area contributed by atoms with Crippen molar-refractivity contribution in [3.63, 3.8) is 0 Å². The van der Waals surface area contributed by atoms with Gasteiger partial charge in [0.05, 0.1) is 19.3 Å². The van der Waals surface area contributed by atoms with Crippen LogP contribution in [0.1, 0.15) is 18.6 Å². The summed E-state index contributed by atoms with van der Waals surface area (Å²) in [6.07, 6.45) is -0.768. The molecule has 0 radical (unpaired) electrons. The van der Waals surface area contributed by atoms with Gasteiger partial charge in [-0.1, -0.05) is 23.2 Å². The maximum absolute atomic E-state index is 10.3. The van der Waals surface area contributed by atoms with E-state index in [-0.39, 0.29) is 6.54 Å². The fourth-order valence-corrected chi connectivity index (χ4v) is 2.66. The third kappa shape index (κ3) is 9.28. The summed E-state index contributed by atoms with van der Waals surface area (Å²) < 4.78 is 5.06. The molecule has 0 fully saturated rings. The van der Waals surface area contributed by atoms with Gasteiger partial charge < -0.3 is 25.4 Å². The van der Waals surface area contributed by atoms with Gasteiger partial charge in [-0.2, -0.15) is 0 Å². The number of benzene rings is 1. The zero-order valence-electron chi connectivity index (χ0n) is 15.1. The average molecular weight is 391 g/mol. The summed E-state index contributed by atoms with van der Waals surface area (Å²) in [6, 6.07) is 5.02. The number of nitrogens with one attached hydrogen (secondary N) is 2. The highest BCUT2D eigenvalue weighted by Crippen LogP contribution is 2.23. The molecule has 0 saturated carbocycles. The summed E-state index contributed by atoms with van der Waals surface area (Å²) in [4.78, 5) is 6.59. The number of aliphatic hydroxyl groups is 1. The first-order chi connectivity index (χ1) is 12.0. The van der Waals surface area contributed by atoms with E-state index in [4.69, 9.17) is 27.9 Å². The van der Waals surface area contributed by atoms with E-state index < -0.39 is 6.10 Å². The maximum atomic E-state index is 10.3. The van der Waals surface area contributed by atoms with E-state index >= 15 is 0 Å². The van der Waals surface area contributed by atoms with Gasteiger partial charge in [-0.05, 0) is 37.7 Å². The summed E-state index contributed by atoms with van der Waals surface area (Å²) in [5.41, 5.74) is 0.649. The lowest BCUT2D eigenvalue weighted by atomic mass is 10.1. The van der Waals surface area contributed by atoms with Gasteiger partial charge in [-0.25, -0.2) is 0 Å². The molecule has 1 unspecified atom stereocenters. The van der Waals surface area contributed by atoms with Gasteiger partial charge in [0, 0.05) is 43.3 Å². The Morgan fingerprint density at radius 2 is 1.92 bits per heavy atom. The molecule has 142 valence electrons. The van der Waals surface area contributed by atoms with E-state index in [2.05, 4.69) is 20.5 Å². The monoisotopic (exact) mass is 390 g/mol. The molecule has 0 aliphatic rings. The molecule has 8 heteroatoms. The molecule has 0 aromatic heterocycles. The lowest BCUT2D eigenvalue weighted by molar-refractivity contribution is 0.162. The van der Waals surface area contributed by atoms with E-state index in [9.17, 15) is 5.11 Å². The Morgan fingerprint density at radius 1 is 1.24 bits per heavy atom. The summed E-state index contributed by atoms with van der Waals surface area (Å²) in [5, 5.41) is 17.7. The predicted molar refractivity (Wildman–Crippen MR) is 105 cm³/mol. The molecule has 1 rings (SSSR count). The Kier molecular flexibility index (Phi) is 10.8. The Morgan fingerprint density at radius 3 is 2.52 bits per heavy atom. The van der Waals surface area contributed by atoms with E-state index in [1.165, 1.54) is 0 Å². The molecular formula is C17H28Cl2N4O2. The van der Waals surface area contributed by atoms with E-state index in [1.807, 2.05) is 14.0 Å². The van der Waals surface area contributed by atoms with Crippen LogP contribution in [0.2, 0.25) is 10.0 Å². The number of rotatable bonds is 10. The number of aliphatic imine (C=N–C) groups is 1. The highest BCUT2D eigenvalue weighted by Gasteiger charge is 2.10. The van der Waals surface area contributed by atoms with Crippen molar-refractivity contribution in [1.82, 2.24) is 15.5 Å². The first kappa shape index (κ1) is 22.0. The molecule has 0 amide bonds. The van der Waals surface area contributed by atoms with Crippen LogP contribution in [0.3, 0.4) is 0 Å². The second-order valence-corrected chi connectivity index (χ2v) is 6.53. The van der Waals surface area contributed by atoms with Gasteiger partial charge in [0.25, 0.3) is 0 Å². The van der Waals surface area contributed by atoms with Gasteiger partial charge in [-0.15, -0.1) is 0 Å². The molecule has 0 bridgehead atoms. The minimum absolute atomic E-state index is 0.214. The van der Waals surface area contributed by atoms with Crippen molar-refractivity contribution in [3.05, 3.63) is 33.8 Å². The largest absolute Gasteiger partial charge is 0.386 e. The maximum Gasteiger partial charge on any atom is 0.191 e. The molecule has 0 aliphatic carbocycles. The smallest absolute Gasteiger partial charge is 0.191 e. The first-order valence-electron chi connectivity index (χ1n) is 8.30. The third-order valence-corrected chi connectivity index (χ3v) is 3.94. The van der Waals surface area contributed by atoms with Crippen LogP contribution < -0.4 is 10.6 Å².